The van der Waals surface area contributed by atoms with Crippen molar-refractivity contribution in [2.75, 3.05) is 6.61 Å². The molecule has 1 aliphatic rings. The average Bonchev–Trinajstić information content (AvgIpc) is 3.38. The molecule has 1 aromatic carbocycles. The van der Waals surface area contributed by atoms with E-state index < -0.39 is 5.97 Å². The van der Waals surface area contributed by atoms with Crippen LogP contribution in [0.3, 0.4) is 0 Å². The minimum Gasteiger partial charge on any atom is -0.452 e. The summed E-state index contributed by atoms with van der Waals surface area (Å²) in [4.78, 5) is 24.5. The molecule has 5 nitrogen and oxygen atoms in total. The minimum absolute atomic E-state index is 0.158. The lowest BCUT2D eigenvalue weighted by Crippen LogP contribution is -2.31. The van der Waals surface area contributed by atoms with E-state index in [2.05, 4.69) is 25.8 Å². The van der Waals surface area contributed by atoms with Crippen LogP contribution in [-0.2, 0) is 9.53 Å². The Hall–Kier alpha value is -2.08. The van der Waals surface area contributed by atoms with Crippen LogP contribution in [0.2, 0.25) is 0 Å². The highest BCUT2D eigenvalue weighted by molar-refractivity contribution is 9.10. The summed E-state index contributed by atoms with van der Waals surface area (Å²) in [6, 6.07) is 9.92. The molecule has 1 aliphatic carbocycles. The highest BCUT2D eigenvalue weighted by Gasteiger charge is 2.28. The molecule has 0 radical (unpaired) electrons. The number of aromatic nitrogens is 1. The van der Waals surface area contributed by atoms with Crippen molar-refractivity contribution < 1.29 is 14.3 Å². The maximum absolute atomic E-state index is 12.4. The van der Waals surface area contributed by atoms with Crippen LogP contribution in [0.15, 0.2) is 34.8 Å². The summed E-state index contributed by atoms with van der Waals surface area (Å²) in [5.74, 6) is -0.763. The van der Waals surface area contributed by atoms with Gasteiger partial charge in [0.1, 0.15) is 0 Å². The third-order valence-corrected chi connectivity index (χ3v) is 5.23. The first-order chi connectivity index (χ1) is 12.4. The fourth-order valence-electron chi connectivity index (χ4n) is 3.21. The van der Waals surface area contributed by atoms with Crippen molar-refractivity contribution in [3.63, 3.8) is 0 Å². The number of hydrogen-bond donors (Lipinski definition) is 1. The Morgan fingerprint density at radius 2 is 1.92 bits per heavy atom. The molecular formula is C20H23BrN2O3. The molecule has 26 heavy (non-hydrogen) atoms. The van der Waals surface area contributed by atoms with Crippen molar-refractivity contribution in [3.05, 3.63) is 57.3 Å². The quantitative estimate of drug-likeness (QED) is 0.713. The van der Waals surface area contributed by atoms with Crippen molar-refractivity contribution in [2.24, 2.45) is 0 Å². The lowest BCUT2D eigenvalue weighted by molar-refractivity contribution is -0.124. The van der Waals surface area contributed by atoms with E-state index >= 15 is 0 Å². The van der Waals surface area contributed by atoms with E-state index in [-0.39, 0.29) is 18.6 Å². The molecule has 2 aromatic rings. The Morgan fingerprint density at radius 1 is 1.27 bits per heavy atom. The van der Waals surface area contributed by atoms with Gasteiger partial charge in [-0.05, 0) is 57.4 Å². The van der Waals surface area contributed by atoms with Gasteiger partial charge in [-0.3, -0.25) is 4.79 Å². The van der Waals surface area contributed by atoms with Gasteiger partial charge < -0.3 is 14.6 Å². The number of carbonyl (C=O) groups is 2. The normalized spacial score (nSPS) is 14.8. The number of rotatable bonds is 6. The summed E-state index contributed by atoms with van der Waals surface area (Å²) in [5.41, 5.74) is 3.51. The fraction of sp³-hybridized carbons (Fsp3) is 0.400. The van der Waals surface area contributed by atoms with Crippen LogP contribution < -0.4 is 5.32 Å². The monoisotopic (exact) mass is 418 g/mol. The Morgan fingerprint density at radius 3 is 2.54 bits per heavy atom. The van der Waals surface area contributed by atoms with Crippen molar-refractivity contribution in [1.82, 2.24) is 9.88 Å². The molecular weight excluding hydrogens is 396 g/mol. The highest BCUT2D eigenvalue weighted by Crippen LogP contribution is 2.38. The summed E-state index contributed by atoms with van der Waals surface area (Å²) in [6.45, 7) is 5.53. The van der Waals surface area contributed by atoms with E-state index in [0.717, 1.165) is 34.3 Å². The molecule has 0 bridgehead atoms. The van der Waals surface area contributed by atoms with Gasteiger partial charge in [-0.25, -0.2) is 4.79 Å². The molecule has 1 aromatic heterocycles. The molecule has 1 atom stereocenters. The number of carbonyl (C=O) groups excluding carboxylic acids is 2. The lowest BCUT2D eigenvalue weighted by Gasteiger charge is -2.14. The summed E-state index contributed by atoms with van der Waals surface area (Å²) in [7, 11) is 0. The first kappa shape index (κ1) is 18.7. The second-order valence-corrected chi connectivity index (χ2v) is 7.72. The van der Waals surface area contributed by atoms with E-state index in [9.17, 15) is 9.59 Å². The second-order valence-electron chi connectivity index (χ2n) is 6.80. The molecule has 1 saturated carbocycles. The van der Waals surface area contributed by atoms with Gasteiger partial charge in [0.25, 0.3) is 5.91 Å². The average molecular weight is 419 g/mol. The number of amides is 1. The molecule has 1 unspecified atom stereocenters. The van der Waals surface area contributed by atoms with Crippen LogP contribution in [0.25, 0.3) is 0 Å². The second kappa shape index (κ2) is 7.66. The molecule has 1 heterocycles. The molecule has 0 saturated heterocycles. The van der Waals surface area contributed by atoms with E-state index in [1.54, 1.807) is 0 Å². The summed E-state index contributed by atoms with van der Waals surface area (Å²) < 4.78 is 8.39. The lowest BCUT2D eigenvalue weighted by atomic mass is 10.1. The SMILES string of the molecule is Cc1cc(C(=O)OCC(=O)NC(C)c2ccc(Br)cc2)c(C)n1C1CC1. The van der Waals surface area contributed by atoms with E-state index in [4.69, 9.17) is 4.74 Å². The van der Waals surface area contributed by atoms with Crippen LogP contribution >= 0.6 is 15.9 Å². The molecule has 1 fully saturated rings. The molecule has 0 spiro atoms. The van der Waals surface area contributed by atoms with Crippen LogP contribution in [-0.4, -0.2) is 23.1 Å². The Labute approximate surface area is 161 Å². The zero-order valence-corrected chi connectivity index (χ0v) is 16.8. The highest BCUT2D eigenvalue weighted by atomic mass is 79.9. The molecule has 1 N–H and O–H groups in total. The molecule has 138 valence electrons. The molecule has 3 rings (SSSR count). The van der Waals surface area contributed by atoms with Crippen LogP contribution in [0.4, 0.5) is 0 Å². The smallest absolute Gasteiger partial charge is 0.340 e. The zero-order chi connectivity index (χ0) is 18.8. The molecule has 1 amide bonds. The predicted octanol–water partition coefficient (Wildman–Crippen LogP) is 4.24. The third kappa shape index (κ3) is 4.18. The zero-order valence-electron chi connectivity index (χ0n) is 15.2. The van der Waals surface area contributed by atoms with Gasteiger partial charge in [-0.2, -0.15) is 0 Å². The van der Waals surface area contributed by atoms with E-state index in [0.29, 0.717) is 11.6 Å². The number of aryl methyl sites for hydroxylation is 1. The predicted molar refractivity (Wildman–Crippen MR) is 103 cm³/mol. The van der Waals surface area contributed by atoms with Gasteiger partial charge in [0.05, 0.1) is 11.6 Å². The summed E-state index contributed by atoms with van der Waals surface area (Å²) in [5, 5.41) is 2.85. The van der Waals surface area contributed by atoms with Gasteiger partial charge in [-0.1, -0.05) is 28.1 Å². The number of hydrogen-bond acceptors (Lipinski definition) is 3. The van der Waals surface area contributed by atoms with Crippen molar-refractivity contribution in [1.29, 1.82) is 0 Å². The third-order valence-electron chi connectivity index (χ3n) is 4.70. The number of benzene rings is 1. The van der Waals surface area contributed by atoms with Crippen LogP contribution in [0.1, 0.15) is 59.2 Å². The minimum atomic E-state index is -0.448. The number of halogens is 1. The first-order valence-corrected chi connectivity index (χ1v) is 9.56. The van der Waals surface area contributed by atoms with Crippen molar-refractivity contribution in [2.45, 2.75) is 45.7 Å². The van der Waals surface area contributed by atoms with Crippen molar-refractivity contribution in [3.8, 4) is 0 Å². The topological polar surface area (TPSA) is 60.3 Å². The van der Waals surface area contributed by atoms with Gasteiger partial charge in [0, 0.05) is 21.9 Å². The molecule has 0 aliphatic heterocycles. The molecule has 6 heteroatoms. The number of nitrogens with zero attached hydrogens (tertiary/aromatic N) is 1. The van der Waals surface area contributed by atoms with Gasteiger partial charge in [-0.15, -0.1) is 0 Å². The van der Waals surface area contributed by atoms with Crippen molar-refractivity contribution >= 4 is 27.8 Å². The number of esters is 1. The maximum atomic E-state index is 12.4. The van der Waals surface area contributed by atoms with E-state index in [1.807, 2.05) is 51.1 Å². The van der Waals surface area contributed by atoms with Gasteiger partial charge >= 0.3 is 5.97 Å². The number of nitrogens with one attached hydrogen (secondary N) is 1. The Kier molecular flexibility index (Phi) is 5.51. The summed E-state index contributed by atoms with van der Waals surface area (Å²) in [6.07, 6.45) is 2.31. The van der Waals surface area contributed by atoms with Gasteiger partial charge in [0.15, 0.2) is 6.61 Å². The summed E-state index contributed by atoms with van der Waals surface area (Å²) >= 11 is 3.39. The van der Waals surface area contributed by atoms with E-state index in [1.165, 1.54) is 0 Å². The Balaban J connectivity index is 1.55. The van der Waals surface area contributed by atoms with Crippen LogP contribution in [0.5, 0.6) is 0 Å². The number of ether oxygens (including phenoxy) is 1. The standard InChI is InChI=1S/C20H23BrN2O3/c1-12-10-18(14(3)23(12)17-8-9-17)20(25)26-11-19(24)22-13(2)15-4-6-16(21)7-5-15/h4-7,10,13,17H,8-9,11H2,1-3H3,(H,22,24). The largest absolute Gasteiger partial charge is 0.452 e. The van der Waals surface area contributed by atoms with Gasteiger partial charge in [0.2, 0.25) is 0 Å². The fourth-order valence-corrected chi connectivity index (χ4v) is 3.47. The van der Waals surface area contributed by atoms with Crippen LogP contribution in [0, 0.1) is 13.8 Å². The Bertz CT molecular complexity index is 822. The first-order valence-electron chi connectivity index (χ1n) is 8.77. The maximum Gasteiger partial charge on any atom is 0.340 e.